The number of hydrogen-bond donors (Lipinski definition) is 1. The van der Waals surface area contributed by atoms with E-state index in [9.17, 15) is 0 Å². The van der Waals surface area contributed by atoms with Crippen molar-refractivity contribution in [1.82, 2.24) is 10.2 Å². The SMILES string of the molecule is COc1ccc(-c2nnc(CCCN)o2)c(OC)c1OC. The van der Waals surface area contributed by atoms with Crippen LogP contribution in [0.3, 0.4) is 0 Å². The number of benzene rings is 1. The first-order valence-electron chi connectivity index (χ1n) is 6.57. The number of methoxy groups -OCH3 is 3. The molecule has 1 aromatic heterocycles. The Morgan fingerprint density at radius 3 is 2.43 bits per heavy atom. The molecule has 114 valence electrons. The fourth-order valence-electron chi connectivity index (χ4n) is 1.99. The zero-order valence-corrected chi connectivity index (χ0v) is 12.4. The molecule has 1 aromatic carbocycles. The quantitative estimate of drug-likeness (QED) is 0.829. The molecule has 7 heteroatoms. The maximum atomic E-state index is 5.63. The molecule has 0 aliphatic heterocycles. The van der Waals surface area contributed by atoms with Gasteiger partial charge in [0.05, 0.1) is 26.9 Å². The molecule has 1 heterocycles. The van der Waals surface area contributed by atoms with Gasteiger partial charge in [0.15, 0.2) is 11.5 Å². The van der Waals surface area contributed by atoms with Crippen molar-refractivity contribution in [3.63, 3.8) is 0 Å². The van der Waals surface area contributed by atoms with Crippen LogP contribution in [-0.4, -0.2) is 38.1 Å². The van der Waals surface area contributed by atoms with Gasteiger partial charge in [0.25, 0.3) is 5.89 Å². The van der Waals surface area contributed by atoms with Crippen LogP contribution < -0.4 is 19.9 Å². The Bertz CT molecular complexity index is 598. The van der Waals surface area contributed by atoms with Gasteiger partial charge in [0.1, 0.15) is 0 Å². The van der Waals surface area contributed by atoms with E-state index in [4.69, 9.17) is 24.4 Å². The molecule has 0 aliphatic rings. The van der Waals surface area contributed by atoms with Crippen molar-refractivity contribution in [2.45, 2.75) is 12.8 Å². The average Bonchev–Trinajstić information content (AvgIpc) is 2.99. The van der Waals surface area contributed by atoms with Gasteiger partial charge in [-0.15, -0.1) is 10.2 Å². The molecule has 0 spiro atoms. The van der Waals surface area contributed by atoms with Crippen LogP contribution >= 0.6 is 0 Å². The minimum atomic E-state index is 0.375. The van der Waals surface area contributed by atoms with E-state index < -0.39 is 0 Å². The zero-order chi connectivity index (χ0) is 15.2. The maximum Gasteiger partial charge on any atom is 0.251 e. The second kappa shape index (κ2) is 6.94. The monoisotopic (exact) mass is 293 g/mol. The molecule has 0 aliphatic carbocycles. The lowest BCUT2D eigenvalue weighted by Gasteiger charge is -2.13. The topological polar surface area (TPSA) is 92.6 Å². The van der Waals surface area contributed by atoms with E-state index in [0.717, 1.165) is 6.42 Å². The summed E-state index contributed by atoms with van der Waals surface area (Å²) in [5.74, 6) is 2.47. The van der Waals surface area contributed by atoms with Gasteiger partial charge in [-0.1, -0.05) is 0 Å². The van der Waals surface area contributed by atoms with Gasteiger partial charge in [-0.05, 0) is 25.1 Å². The molecule has 0 unspecified atom stereocenters. The fraction of sp³-hybridized carbons (Fsp3) is 0.429. The molecule has 2 rings (SSSR count). The third kappa shape index (κ3) is 3.08. The molecular formula is C14H19N3O4. The molecular weight excluding hydrogens is 274 g/mol. The number of aromatic nitrogens is 2. The van der Waals surface area contributed by atoms with E-state index >= 15 is 0 Å². The van der Waals surface area contributed by atoms with Crippen LogP contribution in [0.1, 0.15) is 12.3 Å². The van der Waals surface area contributed by atoms with Crippen molar-refractivity contribution < 1.29 is 18.6 Å². The molecule has 2 N–H and O–H groups in total. The standard InChI is InChI=1S/C14H19N3O4/c1-18-10-7-6-9(12(19-2)13(10)20-3)14-17-16-11(21-14)5-4-8-15/h6-7H,4-5,8,15H2,1-3H3. The Hall–Kier alpha value is -2.28. The summed E-state index contributed by atoms with van der Waals surface area (Å²) < 4.78 is 21.6. The van der Waals surface area contributed by atoms with Crippen LogP contribution in [0.15, 0.2) is 16.5 Å². The summed E-state index contributed by atoms with van der Waals surface area (Å²) >= 11 is 0. The normalized spacial score (nSPS) is 10.5. The van der Waals surface area contributed by atoms with E-state index in [-0.39, 0.29) is 0 Å². The van der Waals surface area contributed by atoms with Crippen molar-refractivity contribution in [3.05, 3.63) is 18.0 Å². The van der Waals surface area contributed by atoms with E-state index in [1.54, 1.807) is 33.5 Å². The molecule has 0 saturated heterocycles. The van der Waals surface area contributed by atoms with Crippen LogP contribution in [0, 0.1) is 0 Å². The Morgan fingerprint density at radius 2 is 1.81 bits per heavy atom. The molecule has 0 bridgehead atoms. The van der Waals surface area contributed by atoms with Gasteiger partial charge in [0, 0.05) is 6.42 Å². The summed E-state index contributed by atoms with van der Waals surface area (Å²) in [5.41, 5.74) is 6.12. The molecule has 7 nitrogen and oxygen atoms in total. The Morgan fingerprint density at radius 1 is 1.05 bits per heavy atom. The average molecular weight is 293 g/mol. The third-order valence-electron chi connectivity index (χ3n) is 3.00. The number of ether oxygens (including phenoxy) is 3. The van der Waals surface area contributed by atoms with Crippen LogP contribution in [0.2, 0.25) is 0 Å². The van der Waals surface area contributed by atoms with Gasteiger partial charge in [0.2, 0.25) is 11.6 Å². The van der Waals surface area contributed by atoms with E-state index in [0.29, 0.717) is 47.6 Å². The second-order valence-electron chi connectivity index (χ2n) is 4.28. The van der Waals surface area contributed by atoms with Gasteiger partial charge in [-0.3, -0.25) is 0 Å². The highest BCUT2D eigenvalue weighted by molar-refractivity contribution is 5.71. The van der Waals surface area contributed by atoms with Crippen LogP contribution in [0.25, 0.3) is 11.5 Å². The van der Waals surface area contributed by atoms with Gasteiger partial charge >= 0.3 is 0 Å². The smallest absolute Gasteiger partial charge is 0.251 e. The molecule has 0 fully saturated rings. The molecule has 21 heavy (non-hydrogen) atoms. The summed E-state index contributed by atoms with van der Waals surface area (Å²) in [7, 11) is 4.66. The van der Waals surface area contributed by atoms with Gasteiger partial charge in [-0.25, -0.2) is 0 Å². The second-order valence-corrected chi connectivity index (χ2v) is 4.28. The third-order valence-corrected chi connectivity index (χ3v) is 3.00. The molecule has 0 saturated carbocycles. The number of rotatable bonds is 7. The molecule has 2 aromatic rings. The lowest BCUT2D eigenvalue weighted by atomic mass is 10.1. The summed E-state index contributed by atoms with van der Waals surface area (Å²) in [5, 5.41) is 8.05. The number of hydrogen-bond acceptors (Lipinski definition) is 7. The van der Waals surface area contributed by atoms with E-state index in [1.165, 1.54) is 0 Å². The highest BCUT2D eigenvalue weighted by Gasteiger charge is 2.20. The Labute approximate surface area is 123 Å². The summed E-state index contributed by atoms with van der Waals surface area (Å²) in [6.07, 6.45) is 1.45. The maximum absolute atomic E-state index is 5.63. The highest BCUT2D eigenvalue weighted by Crippen LogP contribution is 2.43. The lowest BCUT2D eigenvalue weighted by Crippen LogP contribution is -2.00. The number of nitrogens with two attached hydrogens (primary N) is 1. The lowest BCUT2D eigenvalue weighted by molar-refractivity contribution is 0.324. The van der Waals surface area contributed by atoms with Gasteiger partial charge < -0.3 is 24.4 Å². The number of nitrogens with zero attached hydrogens (tertiary/aromatic N) is 2. The van der Waals surface area contributed by atoms with Crippen molar-refractivity contribution in [2.24, 2.45) is 5.73 Å². The first kappa shape index (κ1) is 15.1. The predicted molar refractivity (Wildman–Crippen MR) is 76.8 cm³/mol. The fourth-order valence-corrected chi connectivity index (χ4v) is 1.99. The van der Waals surface area contributed by atoms with Crippen molar-refractivity contribution in [3.8, 4) is 28.7 Å². The van der Waals surface area contributed by atoms with Crippen LogP contribution in [-0.2, 0) is 6.42 Å². The van der Waals surface area contributed by atoms with E-state index in [2.05, 4.69) is 10.2 Å². The minimum absolute atomic E-state index is 0.375. The largest absolute Gasteiger partial charge is 0.493 e. The Kier molecular flexibility index (Phi) is 4.99. The number of aryl methyl sites for hydroxylation is 1. The summed E-state index contributed by atoms with van der Waals surface area (Å²) in [6, 6.07) is 3.56. The van der Waals surface area contributed by atoms with Gasteiger partial charge in [-0.2, -0.15) is 0 Å². The van der Waals surface area contributed by atoms with E-state index in [1.807, 2.05) is 0 Å². The summed E-state index contributed by atoms with van der Waals surface area (Å²) in [4.78, 5) is 0. The van der Waals surface area contributed by atoms with Crippen LogP contribution in [0.4, 0.5) is 0 Å². The van der Waals surface area contributed by atoms with Crippen molar-refractivity contribution in [1.29, 1.82) is 0 Å². The molecule has 0 atom stereocenters. The van der Waals surface area contributed by atoms with Crippen molar-refractivity contribution in [2.75, 3.05) is 27.9 Å². The first-order chi connectivity index (χ1) is 10.2. The highest BCUT2D eigenvalue weighted by atomic mass is 16.5. The zero-order valence-electron chi connectivity index (χ0n) is 12.4. The summed E-state index contributed by atoms with van der Waals surface area (Å²) in [6.45, 7) is 0.581. The van der Waals surface area contributed by atoms with Crippen molar-refractivity contribution >= 4 is 0 Å². The Balaban J connectivity index is 2.41. The van der Waals surface area contributed by atoms with Crippen LogP contribution in [0.5, 0.6) is 17.2 Å². The molecule has 0 amide bonds. The minimum Gasteiger partial charge on any atom is -0.493 e. The predicted octanol–water partition coefficient (Wildman–Crippen LogP) is 1.65. The first-order valence-corrected chi connectivity index (χ1v) is 6.57. The molecule has 0 radical (unpaired) electrons.